The van der Waals surface area contributed by atoms with Crippen LogP contribution in [0, 0.1) is 20.2 Å². The van der Waals surface area contributed by atoms with Crippen LogP contribution in [0.3, 0.4) is 0 Å². The summed E-state index contributed by atoms with van der Waals surface area (Å²) in [5.74, 6) is 0. The molecule has 1 rings (SSSR count). The van der Waals surface area contributed by atoms with Crippen LogP contribution in [0.25, 0.3) is 0 Å². The van der Waals surface area contributed by atoms with Crippen LogP contribution in [0.2, 0.25) is 0 Å². The van der Waals surface area contributed by atoms with Crippen molar-refractivity contribution in [3.8, 4) is 0 Å². The molecule has 0 aromatic carbocycles. The van der Waals surface area contributed by atoms with E-state index >= 15 is 0 Å². The summed E-state index contributed by atoms with van der Waals surface area (Å²) in [6.07, 6.45) is 2.87. The first kappa shape index (κ1) is 10.6. The Bertz CT molecular complexity index is 236. The van der Waals surface area contributed by atoms with E-state index in [1.165, 1.54) is 0 Å². The van der Waals surface area contributed by atoms with Gasteiger partial charge in [-0.1, -0.05) is 6.42 Å². The van der Waals surface area contributed by atoms with Gasteiger partial charge >= 0.3 is 0 Å². The van der Waals surface area contributed by atoms with E-state index in [9.17, 15) is 20.2 Å². The normalized spacial score (nSPS) is 20.1. The lowest BCUT2D eigenvalue weighted by atomic mass is 9.90. The van der Waals surface area contributed by atoms with Gasteiger partial charge in [-0.05, 0) is 25.7 Å². The van der Waals surface area contributed by atoms with E-state index in [1.54, 1.807) is 0 Å². The molecule has 0 amide bonds. The van der Waals surface area contributed by atoms with Crippen LogP contribution in [-0.4, -0.2) is 20.8 Å². The molecule has 1 aliphatic rings. The maximum atomic E-state index is 10.5. The van der Waals surface area contributed by atoms with Crippen LogP contribution in [-0.2, 0) is 0 Å². The molecule has 8 heteroatoms. The van der Waals surface area contributed by atoms with E-state index in [0.29, 0.717) is 12.8 Å². The lowest BCUT2D eigenvalue weighted by molar-refractivity contribution is -0.924. The first-order chi connectivity index (χ1) is 6.47. The van der Waals surface area contributed by atoms with Crippen molar-refractivity contribution in [1.29, 1.82) is 0 Å². The molecule has 0 aliphatic heterocycles. The Morgan fingerprint density at radius 2 is 1.50 bits per heavy atom. The SMILES string of the molecule is NC1(N([N+](=O)[O-])[N+](=O)[O-])CCCCC1. The van der Waals surface area contributed by atoms with Crippen molar-refractivity contribution in [2.24, 2.45) is 5.73 Å². The van der Waals surface area contributed by atoms with Gasteiger partial charge in [0.2, 0.25) is 15.7 Å². The van der Waals surface area contributed by atoms with Gasteiger partial charge in [0.25, 0.3) is 0 Å². The summed E-state index contributed by atoms with van der Waals surface area (Å²) in [4.78, 5) is 20.9. The van der Waals surface area contributed by atoms with Crippen molar-refractivity contribution in [2.75, 3.05) is 0 Å². The van der Waals surface area contributed by atoms with Crippen molar-refractivity contribution < 1.29 is 10.1 Å². The number of hydrazine groups is 2. The summed E-state index contributed by atoms with van der Waals surface area (Å²) in [5.41, 5.74) is 4.22. The zero-order chi connectivity index (χ0) is 10.8. The second-order valence-corrected chi connectivity index (χ2v) is 3.43. The van der Waals surface area contributed by atoms with Crippen molar-refractivity contribution in [3.63, 3.8) is 0 Å². The molecule has 1 fully saturated rings. The molecule has 0 unspecified atom stereocenters. The zero-order valence-electron chi connectivity index (χ0n) is 7.59. The van der Waals surface area contributed by atoms with Crippen LogP contribution < -0.4 is 5.73 Å². The second kappa shape index (κ2) is 3.74. The third-order valence-electron chi connectivity index (χ3n) is 2.43. The minimum atomic E-state index is -1.43. The lowest BCUT2D eigenvalue weighted by Gasteiger charge is -2.30. The molecule has 1 aliphatic carbocycles. The summed E-state index contributed by atoms with van der Waals surface area (Å²) in [6, 6.07) is 0. The number of hydrogen-bond donors (Lipinski definition) is 1. The summed E-state index contributed by atoms with van der Waals surface area (Å²) in [5, 5.41) is 18.7. The predicted molar refractivity (Wildman–Crippen MR) is 45.8 cm³/mol. The highest BCUT2D eigenvalue weighted by molar-refractivity contribution is 4.80. The maximum absolute atomic E-state index is 10.5. The Kier molecular flexibility index (Phi) is 2.84. The Hall–Kier alpha value is -1.44. The average Bonchev–Trinajstić information content (AvgIpc) is 2.02. The first-order valence-corrected chi connectivity index (χ1v) is 4.35. The van der Waals surface area contributed by atoms with Crippen molar-refractivity contribution in [3.05, 3.63) is 20.2 Å². The lowest BCUT2D eigenvalue weighted by Crippen LogP contribution is -2.61. The van der Waals surface area contributed by atoms with Crippen LogP contribution in [0.5, 0.6) is 0 Å². The molecular formula is C6H12N4O4. The topological polar surface area (TPSA) is 116 Å². The number of hydrogen-bond acceptors (Lipinski definition) is 5. The Morgan fingerprint density at radius 1 is 1.07 bits per heavy atom. The third-order valence-corrected chi connectivity index (χ3v) is 2.43. The smallest absolute Gasteiger partial charge is 0.224 e. The van der Waals surface area contributed by atoms with Gasteiger partial charge in [-0.15, -0.1) is 0 Å². The van der Waals surface area contributed by atoms with Crippen LogP contribution in [0.4, 0.5) is 0 Å². The summed E-state index contributed by atoms with van der Waals surface area (Å²) >= 11 is 0. The molecule has 0 bridgehead atoms. The van der Waals surface area contributed by atoms with E-state index in [2.05, 4.69) is 0 Å². The fourth-order valence-electron chi connectivity index (χ4n) is 1.75. The molecule has 0 saturated heterocycles. The highest BCUT2D eigenvalue weighted by Gasteiger charge is 2.50. The van der Waals surface area contributed by atoms with E-state index in [4.69, 9.17) is 5.73 Å². The van der Waals surface area contributed by atoms with E-state index < -0.39 is 15.7 Å². The standard InChI is InChI=1S/C6H12N4O4/c7-6(4-2-1-3-5-6)8(9(11)12)10(13)14/h1-5,7H2. The molecule has 0 spiro atoms. The fourth-order valence-corrected chi connectivity index (χ4v) is 1.75. The minimum absolute atomic E-state index is 0.0633. The molecule has 14 heavy (non-hydrogen) atoms. The zero-order valence-corrected chi connectivity index (χ0v) is 7.59. The van der Waals surface area contributed by atoms with E-state index in [-0.39, 0.29) is 18.0 Å². The van der Waals surface area contributed by atoms with Gasteiger partial charge in [-0.2, -0.15) is 0 Å². The average molecular weight is 204 g/mol. The van der Waals surface area contributed by atoms with Gasteiger partial charge in [0, 0.05) is 0 Å². The van der Waals surface area contributed by atoms with Gasteiger partial charge < -0.3 is 0 Å². The monoisotopic (exact) mass is 204 g/mol. The van der Waals surface area contributed by atoms with Crippen LogP contribution in [0.15, 0.2) is 0 Å². The third kappa shape index (κ3) is 1.90. The molecule has 0 aromatic heterocycles. The van der Waals surface area contributed by atoms with Crippen LogP contribution >= 0.6 is 0 Å². The number of nitro groups is 2. The number of rotatable bonds is 3. The molecule has 80 valence electrons. The van der Waals surface area contributed by atoms with Crippen molar-refractivity contribution in [2.45, 2.75) is 37.8 Å². The highest BCUT2D eigenvalue weighted by atomic mass is 16.8. The van der Waals surface area contributed by atoms with Gasteiger partial charge in [0.05, 0.1) is 0 Å². The Labute approximate surface area is 79.9 Å². The van der Waals surface area contributed by atoms with E-state index in [1.807, 2.05) is 0 Å². The van der Waals surface area contributed by atoms with Gasteiger partial charge in [-0.3, -0.25) is 5.73 Å². The van der Waals surface area contributed by atoms with Gasteiger partial charge in [-0.25, -0.2) is 20.2 Å². The molecule has 0 atom stereocenters. The largest absolute Gasteiger partial charge is 0.298 e. The summed E-state index contributed by atoms with van der Waals surface area (Å²) in [6.45, 7) is 0. The van der Waals surface area contributed by atoms with Crippen LogP contribution in [0.1, 0.15) is 32.1 Å². The Morgan fingerprint density at radius 3 is 1.86 bits per heavy atom. The number of nitrogens with zero attached hydrogens (tertiary/aromatic N) is 3. The van der Waals surface area contributed by atoms with Crippen molar-refractivity contribution >= 4 is 0 Å². The molecule has 0 radical (unpaired) electrons. The fraction of sp³-hybridized carbons (Fsp3) is 1.00. The van der Waals surface area contributed by atoms with E-state index in [0.717, 1.165) is 6.42 Å². The maximum Gasteiger partial charge on any atom is 0.224 e. The molecule has 2 N–H and O–H groups in total. The highest BCUT2D eigenvalue weighted by Crippen LogP contribution is 2.28. The molecule has 0 aromatic rings. The first-order valence-electron chi connectivity index (χ1n) is 4.35. The predicted octanol–water partition coefficient (Wildman–Crippen LogP) is 0.291. The molecule has 8 nitrogen and oxygen atoms in total. The molecular weight excluding hydrogens is 192 g/mol. The summed E-state index contributed by atoms with van der Waals surface area (Å²) < 4.78 is 0. The van der Waals surface area contributed by atoms with Crippen molar-refractivity contribution in [1.82, 2.24) is 5.12 Å². The Balaban J connectivity index is 2.84. The molecule has 1 saturated carbocycles. The number of nitrogens with two attached hydrogens (primary N) is 1. The quantitative estimate of drug-likeness (QED) is 0.401. The molecule has 0 heterocycles. The van der Waals surface area contributed by atoms with Gasteiger partial charge in [0.1, 0.15) is 0 Å². The minimum Gasteiger partial charge on any atom is -0.298 e. The second-order valence-electron chi connectivity index (χ2n) is 3.43. The summed E-state index contributed by atoms with van der Waals surface area (Å²) in [7, 11) is 0. The van der Waals surface area contributed by atoms with Gasteiger partial charge in [0.15, 0.2) is 5.12 Å².